The molecular weight excluding hydrogens is 450 g/mol. The molecule has 0 aliphatic heterocycles. The number of rotatable bonds is 7. The number of nitrogens with zero attached hydrogens (tertiary/aromatic N) is 2. The largest absolute Gasteiger partial charge is 0.322 e. The Balaban J connectivity index is 1.47. The summed E-state index contributed by atoms with van der Waals surface area (Å²) in [5, 5.41) is 17.4. The highest BCUT2D eigenvalue weighted by Gasteiger charge is 2.16. The van der Waals surface area contributed by atoms with E-state index in [0.29, 0.717) is 27.6 Å². The van der Waals surface area contributed by atoms with Crippen LogP contribution in [0.2, 0.25) is 0 Å². The maximum Gasteiger partial charge on any atom is 0.259 e. The van der Waals surface area contributed by atoms with Gasteiger partial charge in [-0.15, -0.1) is 10.2 Å². The van der Waals surface area contributed by atoms with E-state index in [1.54, 1.807) is 72.8 Å². The molecule has 1 aromatic heterocycles. The van der Waals surface area contributed by atoms with Crippen molar-refractivity contribution >= 4 is 45.6 Å². The molecule has 0 bridgehead atoms. The van der Waals surface area contributed by atoms with Crippen LogP contribution in [0.1, 0.15) is 43.0 Å². The van der Waals surface area contributed by atoms with E-state index in [9.17, 15) is 14.4 Å². The van der Waals surface area contributed by atoms with E-state index in [1.807, 2.05) is 13.0 Å². The monoisotopic (exact) mass is 471 g/mol. The normalized spacial score (nSPS) is 10.4. The minimum Gasteiger partial charge on any atom is -0.322 e. The quantitative estimate of drug-likeness (QED) is 0.356. The molecule has 0 aliphatic carbocycles. The summed E-state index contributed by atoms with van der Waals surface area (Å²) in [4.78, 5) is 38.1. The van der Waals surface area contributed by atoms with Gasteiger partial charge in [0.15, 0.2) is 0 Å². The lowest BCUT2D eigenvalue weighted by atomic mass is 10.1. The Morgan fingerprint density at radius 1 is 0.735 bits per heavy atom. The van der Waals surface area contributed by atoms with Crippen molar-refractivity contribution in [3.8, 4) is 0 Å². The Bertz CT molecular complexity index is 1340. The van der Waals surface area contributed by atoms with Crippen LogP contribution >= 0.6 is 11.3 Å². The Hall–Kier alpha value is -4.37. The third-order valence-electron chi connectivity index (χ3n) is 4.83. The Kier molecular flexibility index (Phi) is 7.04. The van der Waals surface area contributed by atoms with Gasteiger partial charge in [0, 0.05) is 16.8 Å². The molecule has 0 radical (unpaired) electrons. The van der Waals surface area contributed by atoms with Gasteiger partial charge in [0.1, 0.15) is 5.01 Å². The first-order valence-corrected chi connectivity index (χ1v) is 11.4. The fraction of sp³-hybridized carbons (Fsp3) is 0.0800. The zero-order chi connectivity index (χ0) is 23.9. The number of carbonyl (C=O) groups excluding carboxylic acids is 3. The van der Waals surface area contributed by atoms with Crippen molar-refractivity contribution in [3.05, 3.63) is 101 Å². The summed E-state index contributed by atoms with van der Waals surface area (Å²) < 4.78 is 0. The van der Waals surface area contributed by atoms with Gasteiger partial charge < -0.3 is 10.6 Å². The van der Waals surface area contributed by atoms with Crippen molar-refractivity contribution in [1.82, 2.24) is 10.2 Å². The molecule has 170 valence electrons. The van der Waals surface area contributed by atoms with Crippen molar-refractivity contribution in [2.24, 2.45) is 0 Å². The number of benzene rings is 3. The van der Waals surface area contributed by atoms with E-state index < -0.39 is 11.8 Å². The molecule has 3 N–H and O–H groups in total. The number of nitrogens with one attached hydrogen (secondary N) is 3. The molecule has 4 rings (SSSR count). The van der Waals surface area contributed by atoms with Gasteiger partial charge in [-0.05, 0) is 48.9 Å². The standard InChI is InChI=1S/C25H21N5O3S/c1-2-21-29-30-25(34-21)28-24(33)19-13-6-7-14-20(19)27-23(32)17-11-8-12-18(15-17)26-22(31)16-9-4-3-5-10-16/h3-15H,2H2,1H3,(H,26,31)(H,27,32)(H,28,30,33). The number of aromatic nitrogens is 2. The molecule has 0 spiro atoms. The molecule has 0 unspecified atom stereocenters. The molecule has 0 atom stereocenters. The van der Waals surface area contributed by atoms with Gasteiger partial charge in [-0.2, -0.15) is 0 Å². The van der Waals surface area contributed by atoms with Crippen molar-refractivity contribution < 1.29 is 14.4 Å². The maximum absolute atomic E-state index is 12.9. The molecule has 0 aliphatic rings. The highest BCUT2D eigenvalue weighted by molar-refractivity contribution is 7.15. The van der Waals surface area contributed by atoms with Gasteiger partial charge in [-0.25, -0.2) is 0 Å². The molecule has 3 aromatic carbocycles. The van der Waals surface area contributed by atoms with Crippen molar-refractivity contribution in [3.63, 3.8) is 0 Å². The summed E-state index contributed by atoms with van der Waals surface area (Å²) in [6.45, 7) is 1.96. The predicted octanol–water partition coefficient (Wildman–Crippen LogP) is 4.86. The molecule has 0 saturated carbocycles. The molecule has 1 heterocycles. The van der Waals surface area contributed by atoms with Crippen LogP contribution in [0.25, 0.3) is 0 Å². The van der Waals surface area contributed by atoms with Crippen LogP contribution in [0, 0.1) is 0 Å². The SMILES string of the molecule is CCc1nnc(NC(=O)c2ccccc2NC(=O)c2cccc(NC(=O)c3ccccc3)c2)s1. The van der Waals surface area contributed by atoms with E-state index in [-0.39, 0.29) is 11.5 Å². The Labute approximate surface area is 200 Å². The number of hydrogen-bond donors (Lipinski definition) is 3. The van der Waals surface area contributed by atoms with Gasteiger partial charge in [-0.1, -0.05) is 54.7 Å². The maximum atomic E-state index is 12.9. The summed E-state index contributed by atoms with van der Waals surface area (Å²) in [6.07, 6.45) is 0.727. The molecule has 9 heteroatoms. The van der Waals surface area contributed by atoms with Crippen LogP contribution in [0.4, 0.5) is 16.5 Å². The van der Waals surface area contributed by atoms with E-state index in [0.717, 1.165) is 11.4 Å². The van der Waals surface area contributed by atoms with Crippen LogP contribution in [0.5, 0.6) is 0 Å². The third kappa shape index (κ3) is 5.51. The summed E-state index contributed by atoms with van der Waals surface area (Å²) in [5.41, 5.74) is 1.97. The third-order valence-corrected chi connectivity index (χ3v) is 5.81. The first-order chi connectivity index (χ1) is 16.5. The lowest BCUT2D eigenvalue weighted by Gasteiger charge is -2.11. The Morgan fingerprint density at radius 3 is 2.21 bits per heavy atom. The number of carbonyl (C=O) groups is 3. The summed E-state index contributed by atoms with van der Waals surface area (Å²) in [6, 6.07) is 22.1. The number of anilines is 3. The predicted molar refractivity (Wildman–Crippen MR) is 132 cm³/mol. The van der Waals surface area contributed by atoms with E-state index in [4.69, 9.17) is 0 Å². The van der Waals surface area contributed by atoms with Crippen LogP contribution in [-0.4, -0.2) is 27.9 Å². The van der Waals surface area contributed by atoms with Gasteiger partial charge in [-0.3, -0.25) is 19.7 Å². The van der Waals surface area contributed by atoms with Gasteiger partial charge in [0.05, 0.1) is 11.3 Å². The minimum absolute atomic E-state index is 0.275. The molecule has 34 heavy (non-hydrogen) atoms. The van der Waals surface area contributed by atoms with Gasteiger partial charge >= 0.3 is 0 Å². The molecule has 0 fully saturated rings. The zero-order valence-corrected chi connectivity index (χ0v) is 19.1. The average molecular weight is 472 g/mol. The zero-order valence-electron chi connectivity index (χ0n) is 18.2. The second kappa shape index (κ2) is 10.5. The number of para-hydroxylation sites is 1. The molecule has 0 saturated heterocycles. The highest BCUT2D eigenvalue weighted by Crippen LogP contribution is 2.21. The van der Waals surface area contributed by atoms with E-state index in [1.165, 1.54) is 11.3 Å². The first-order valence-electron chi connectivity index (χ1n) is 10.5. The van der Waals surface area contributed by atoms with Crippen LogP contribution < -0.4 is 16.0 Å². The lowest BCUT2D eigenvalue weighted by molar-refractivity contribution is 0.101. The minimum atomic E-state index is -0.416. The average Bonchev–Trinajstić information content (AvgIpc) is 3.32. The van der Waals surface area contributed by atoms with Crippen LogP contribution in [0.3, 0.4) is 0 Å². The smallest absolute Gasteiger partial charge is 0.259 e. The fourth-order valence-corrected chi connectivity index (χ4v) is 3.80. The summed E-state index contributed by atoms with van der Waals surface area (Å²) in [5.74, 6) is -1.10. The van der Waals surface area contributed by atoms with Gasteiger partial charge in [0.25, 0.3) is 17.7 Å². The van der Waals surface area contributed by atoms with Crippen molar-refractivity contribution in [2.75, 3.05) is 16.0 Å². The van der Waals surface area contributed by atoms with Crippen molar-refractivity contribution in [1.29, 1.82) is 0 Å². The molecular formula is C25H21N5O3S. The highest BCUT2D eigenvalue weighted by atomic mass is 32.1. The fourth-order valence-electron chi connectivity index (χ4n) is 3.13. The number of aryl methyl sites for hydroxylation is 1. The summed E-state index contributed by atoms with van der Waals surface area (Å²) >= 11 is 1.30. The topological polar surface area (TPSA) is 113 Å². The Morgan fingerprint density at radius 2 is 1.44 bits per heavy atom. The first kappa shape index (κ1) is 22.8. The number of hydrogen-bond acceptors (Lipinski definition) is 6. The van der Waals surface area contributed by atoms with E-state index in [2.05, 4.69) is 26.1 Å². The van der Waals surface area contributed by atoms with Crippen LogP contribution in [-0.2, 0) is 6.42 Å². The summed E-state index contributed by atoms with van der Waals surface area (Å²) in [7, 11) is 0. The lowest BCUT2D eigenvalue weighted by Crippen LogP contribution is -2.18. The van der Waals surface area contributed by atoms with Crippen LogP contribution in [0.15, 0.2) is 78.9 Å². The molecule has 3 amide bonds. The van der Waals surface area contributed by atoms with Gasteiger partial charge in [0.2, 0.25) is 5.13 Å². The second-order valence-corrected chi connectivity index (χ2v) is 8.27. The van der Waals surface area contributed by atoms with E-state index >= 15 is 0 Å². The second-order valence-electron chi connectivity index (χ2n) is 7.21. The van der Waals surface area contributed by atoms with Crippen molar-refractivity contribution in [2.45, 2.75) is 13.3 Å². The number of amides is 3. The molecule has 4 aromatic rings. The molecule has 8 nitrogen and oxygen atoms in total.